The fourth-order valence-electron chi connectivity index (χ4n) is 1.81. The lowest BCUT2D eigenvalue weighted by Crippen LogP contribution is -2.47. The summed E-state index contributed by atoms with van der Waals surface area (Å²) in [5.74, 6) is -0.957. The molecule has 0 aliphatic carbocycles. The largest absolute Gasteiger partial charge is 0.464 e. The number of esters is 1. The highest BCUT2D eigenvalue weighted by Crippen LogP contribution is 2.22. The third-order valence-corrected chi connectivity index (χ3v) is 3.92. The summed E-state index contributed by atoms with van der Waals surface area (Å²) in [5.41, 5.74) is 0.648. The van der Waals surface area contributed by atoms with Gasteiger partial charge in [0.2, 0.25) is 5.91 Å². The van der Waals surface area contributed by atoms with Crippen molar-refractivity contribution in [1.29, 1.82) is 0 Å². The number of rotatable bonds is 4. The third kappa shape index (κ3) is 4.36. The normalized spacial score (nSPS) is 19.4. The van der Waals surface area contributed by atoms with Gasteiger partial charge in [-0.3, -0.25) is 9.59 Å². The predicted molar refractivity (Wildman–Crippen MR) is 84.2 cm³/mol. The SMILES string of the molecule is CCOC(=O)C1CSC(=CC(=O)Nc2ccccc2)C(=O)N1. The summed E-state index contributed by atoms with van der Waals surface area (Å²) >= 11 is 1.16. The van der Waals surface area contributed by atoms with E-state index in [1.165, 1.54) is 6.08 Å². The summed E-state index contributed by atoms with van der Waals surface area (Å²) in [5, 5.41) is 5.20. The Morgan fingerprint density at radius 2 is 2.14 bits per heavy atom. The Morgan fingerprint density at radius 1 is 1.41 bits per heavy atom. The number of para-hydroxylation sites is 1. The molecule has 0 aromatic heterocycles. The molecule has 1 aromatic carbocycles. The van der Waals surface area contributed by atoms with Crippen molar-refractivity contribution in [2.75, 3.05) is 17.7 Å². The van der Waals surface area contributed by atoms with Crippen LogP contribution in [-0.4, -0.2) is 36.2 Å². The molecule has 7 heteroatoms. The topological polar surface area (TPSA) is 84.5 Å². The van der Waals surface area contributed by atoms with Crippen LogP contribution in [-0.2, 0) is 19.1 Å². The number of benzene rings is 1. The van der Waals surface area contributed by atoms with Crippen LogP contribution < -0.4 is 10.6 Å². The van der Waals surface area contributed by atoms with Crippen LogP contribution >= 0.6 is 11.8 Å². The van der Waals surface area contributed by atoms with Crippen molar-refractivity contribution in [2.24, 2.45) is 0 Å². The van der Waals surface area contributed by atoms with Crippen molar-refractivity contribution in [1.82, 2.24) is 5.32 Å². The molecule has 0 bridgehead atoms. The molecule has 2 rings (SSSR count). The number of anilines is 1. The Hall–Kier alpha value is -2.28. The highest BCUT2D eigenvalue weighted by atomic mass is 32.2. The van der Waals surface area contributed by atoms with Crippen LogP contribution in [0.2, 0.25) is 0 Å². The Labute approximate surface area is 132 Å². The Bertz CT molecular complexity index is 601. The minimum atomic E-state index is -0.674. The summed E-state index contributed by atoms with van der Waals surface area (Å²) in [4.78, 5) is 35.6. The monoisotopic (exact) mass is 320 g/mol. The highest BCUT2D eigenvalue weighted by Gasteiger charge is 2.29. The molecule has 116 valence electrons. The summed E-state index contributed by atoms with van der Waals surface area (Å²) < 4.78 is 4.86. The molecule has 1 aliphatic rings. The molecule has 0 radical (unpaired) electrons. The molecule has 1 aliphatic heterocycles. The molecule has 1 atom stereocenters. The van der Waals surface area contributed by atoms with Crippen LogP contribution in [0.25, 0.3) is 0 Å². The summed E-state index contributed by atoms with van der Waals surface area (Å²) in [7, 11) is 0. The third-order valence-electron chi connectivity index (χ3n) is 2.81. The van der Waals surface area contributed by atoms with E-state index in [2.05, 4.69) is 10.6 Å². The quantitative estimate of drug-likeness (QED) is 0.645. The van der Waals surface area contributed by atoms with Gasteiger partial charge in [0.1, 0.15) is 6.04 Å². The van der Waals surface area contributed by atoms with Crippen LogP contribution in [0, 0.1) is 0 Å². The van der Waals surface area contributed by atoms with Crippen molar-refractivity contribution < 1.29 is 19.1 Å². The van der Waals surface area contributed by atoms with E-state index in [4.69, 9.17) is 4.74 Å². The van der Waals surface area contributed by atoms with E-state index in [0.717, 1.165) is 11.8 Å². The van der Waals surface area contributed by atoms with Gasteiger partial charge in [-0.1, -0.05) is 18.2 Å². The van der Waals surface area contributed by atoms with Gasteiger partial charge >= 0.3 is 5.97 Å². The molecule has 2 N–H and O–H groups in total. The zero-order valence-corrected chi connectivity index (χ0v) is 12.8. The highest BCUT2D eigenvalue weighted by molar-refractivity contribution is 8.04. The Balaban J connectivity index is 1.94. The van der Waals surface area contributed by atoms with E-state index in [1.807, 2.05) is 6.07 Å². The van der Waals surface area contributed by atoms with E-state index >= 15 is 0 Å². The first-order chi connectivity index (χ1) is 10.6. The molecule has 0 saturated carbocycles. The van der Waals surface area contributed by atoms with Crippen molar-refractivity contribution in [3.63, 3.8) is 0 Å². The van der Waals surface area contributed by atoms with Crippen LogP contribution in [0.1, 0.15) is 6.92 Å². The van der Waals surface area contributed by atoms with Gasteiger partial charge in [0.25, 0.3) is 5.91 Å². The zero-order chi connectivity index (χ0) is 15.9. The number of amides is 2. The van der Waals surface area contributed by atoms with Crippen LogP contribution in [0.5, 0.6) is 0 Å². The van der Waals surface area contributed by atoms with Gasteiger partial charge in [0.15, 0.2) is 0 Å². The number of ether oxygens (including phenoxy) is 1. The maximum absolute atomic E-state index is 11.9. The second-order valence-electron chi connectivity index (χ2n) is 4.45. The second-order valence-corrected chi connectivity index (χ2v) is 5.51. The number of hydrogen-bond donors (Lipinski definition) is 2. The first-order valence-corrected chi connectivity index (χ1v) is 7.76. The molecule has 1 unspecified atom stereocenters. The average molecular weight is 320 g/mol. The fraction of sp³-hybridized carbons (Fsp3) is 0.267. The maximum Gasteiger partial charge on any atom is 0.329 e. The van der Waals surface area contributed by atoms with Gasteiger partial charge in [-0.05, 0) is 19.1 Å². The minimum Gasteiger partial charge on any atom is -0.464 e. The number of carbonyl (C=O) groups is 3. The van der Waals surface area contributed by atoms with Crippen molar-refractivity contribution in [2.45, 2.75) is 13.0 Å². The lowest BCUT2D eigenvalue weighted by Gasteiger charge is -2.22. The standard InChI is InChI=1S/C15H16N2O4S/c1-2-21-15(20)11-9-22-12(14(19)17-11)8-13(18)16-10-6-4-3-5-7-10/h3-8,11H,2,9H2,1H3,(H,16,18)(H,17,19). The van der Waals surface area contributed by atoms with Gasteiger partial charge in [-0.15, -0.1) is 11.8 Å². The van der Waals surface area contributed by atoms with E-state index in [1.54, 1.807) is 31.2 Å². The first kappa shape index (κ1) is 16.1. The molecule has 0 spiro atoms. The molecule has 1 heterocycles. The molecule has 6 nitrogen and oxygen atoms in total. The van der Waals surface area contributed by atoms with E-state index in [-0.39, 0.29) is 11.5 Å². The van der Waals surface area contributed by atoms with Gasteiger partial charge in [-0.25, -0.2) is 4.79 Å². The number of hydrogen-bond acceptors (Lipinski definition) is 5. The Kier molecular flexibility index (Phi) is 5.60. The summed E-state index contributed by atoms with van der Waals surface area (Å²) in [6, 6.07) is 8.27. The van der Waals surface area contributed by atoms with Crippen LogP contribution in [0.4, 0.5) is 5.69 Å². The van der Waals surface area contributed by atoms with Gasteiger partial charge in [0, 0.05) is 17.5 Å². The molecule has 1 saturated heterocycles. The average Bonchev–Trinajstić information content (AvgIpc) is 2.50. The smallest absolute Gasteiger partial charge is 0.329 e. The van der Waals surface area contributed by atoms with Gasteiger partial charge < -0.3 is 15.4 Å². The van der Waals surface area contributed by atoms with Gasteiger partial charge in [-0.2, -0.15) is 0 Å². The molecular formula is C15H16N2O4S. The number of thioether (sulfide) groups is 1. The number of carbonyl (C=O) groups excluding carboxylic acids is 3. The van der Waals surface area contributed by atoms with Crippen molar-refractivity contribution in [3.05, 3.63) is 41.3 Å². The van der Waals surface area contributed by atoms with Crippen molar-refractivity contribution >= 4 is 35.2 Å². The lowest BCUT2D eigenvalue weighted by molar-refractivity contribution is -0.146. The first-order valence-electron chi connectivity index (χ1n) is 6.78. The zero-order valence-electron chi connectivity index (χ0n) is 12.0. The van der Waals surface area contributed by atoms with Crippen molar-refractivity contribution in [3.8, 4) is 0 Å². The van der Waals surface area contributed by atoms with E-state index < -0.39 is 23.8 Å². The lowest BCUT2D eigenvalue weighted by atomic mass is 10.3. The number of nitrogens with one attached hydrogen (secondary N) is 2. The maximum atomic E-state index is 11.9. The fourth-order valence-corrected chi connectivity index (χ4v) is 2.75. The van der Waals surface area contributed by atoms with Gasteiger partial charge in [0.05, 0.1) is 11.5 Å². The van der Waals surface area contributed by atoms with Crippen LogP contribution in [0.3, 0.4) is 0 Å². The Morgan fingerprint density at radius 3 is 2.77 bits per heavy atom. The van der Waals surface area contributed by atoms with E-state index in [0.29, 0.717) is 11.4 Å². The molecular weight excluding hydrogens is 304 g/mol. The molecule has 2 amide bonds. The van der Waals surface area contributed by atoms with Crippen LogP contribution in [0.15, 0.2) is 41.3 Å². The second kappa shape index (κ2) is 7.65. The molecule has 22 heavy (non-hydrogen) atoms. The summed E-state index contributed by atoms with van der Waals surface area (Å²) in [6.45, 7) is 1.97. The molecule has 1 aromatic rings. The van der Waals surface area contributed by atoms with E-state index in [9.17, 15) is 14.4 Å². The summed E-state index contributed by atoms with van der Waals surface area (Å²) in [6.07, 6.45) is 1.23. The predicted octanol–water partition coefficient (Wildman–Crippen LogP) is 1.30. The minimum absolute atomic E-state index is 0.262. The molecule has 1 fully saturated rings.